The predicted octanol–water partition coefficient (Wildman–Crippen LogP) is 4.02. The highest BCUT2D eigenvalue weighted by molar-refractivity contribution is 14.1. The van der Waals surface area contributed by atoms with Crippen LogP contribution in [0.25, 0.3) is 16.4 Å². The van der Waals surface area contributed by atoms with Crippen LogP contribution >= 0.6 is 33.9 Å². The van der Waals surface area contributed by atoms with Crippen molar-refractivity contribution < 1.29 is 4.79 Å². The number of carbonyl (C=O) groups is 1. The third kappa shape index (κ3) is 2.48. The minimum absolute atomic E-state index is 0.614. The molecule has 94 valence electrons. The Morgan fingerprint density at radius 2 is 2.16 bits per heavy atom. The maximum atomic E-state index is 10.9. The standard InChI is InChI=1S/C14H9IN2OS/c15-11-4-1-3-10(7-11)13-9-19-14(16-13)17-6-2-5-12(17)8-18/h1-9H. The van der Waals surface area contributed by atoms with Gasteiger partial charge in [-0.25, -0.2) is 4.98 Å². The van der Waals surface area contributed by atoms with Gasteiger partial charge in [-0.2, -0.15) is 0 Å². The Labute approximate surface area is 128 Å². The lowest BCUT2D eigenvalue weighted by atomic mass is 10.2. The van der Waals surface area contributed by atoms with E-state index in [0.29, 0.717) is 5.69 Å². The van der Waals surface area contributed by atoms with Crippen LogP contribution < -0.4 is 0 Å². The summed E-state index contributed by atoms with van der Waals surface area (Å²) in [7, 11) is 0. The van der Waals surface area contributed by atoms with Crippen LogP contribution in [0.5, 0.6) is 0 Å². The summed E-state index contributed by atoms with van der Waals surface area (Å²) in [5, 5.41) is 2.82. The summed E-state index contributed by atoms with van der Waals surface area (Å²) in [5.74, 6) is 0. The molecule has 0 saturated carbocycles. The minimum atomic E-state index is 0.614. The Bertz CT molecular complexity index is 732. The molecule has 0 radical (unpaired) electrons. The number of aromatic nitrogens is 2. The lowest BCUT2D eigenvalue weighted by Gasteiger charge is -1.99. The first-order valence-electron chi connectivity index (χ1n) is 5.62. The molecule has 0 amide bonds. The van der Waals surface area contributed by atoms with Crippen molar-refractivity contribution in [2.24, 2.45) is 0 Å². The third-order valence-corrected chi connectivity index (χ3v) is 4.23. The molecule has 1 aromatic carbocycles. The van der Waals surface area contributed by atoms with Gasteiger partial charge in [-0.1, -0.05) is 12.1 Å². The molecule has 3 nitrogen and oxygen atoms in total. The summed E-state index contributed by atoms with van der Waals surface area (Å²) in [5.41, 5.74) is 2.64. The average molecular weight is 380 g/mol. The number of aldehydes is 1. The maximum Gasteiger partial charge on any atom is 0.194 e. The van der Waals surface area contributed by atoms with Gasteiger partial charge in [0, 0.05) is 20.7 Å². The summed E-state index contributed by atoms with van der Waals surface area (Å²) in [6.07, 6.45) is 2.69. The van der Waals surface area contributed by atoms with Crippen molar-refractivity contribution >= 4 is 40.2 Å². The molecule has 0 aliphatic carbocycles. The quantitative estimate of drug-likeness (QED) is 0.508. The third-order valence-electron chi connectivity index (χ3n) is 2.72. The second-order valence-corrected chi connectivity index (χ2v) is 6.03. The van der Waals surface area contributed by atoms with E-state index >= 15 is 0 Å². The minimum Gasteiger partial charge on any atom is -0.296 e. The van der Waals surface area contributed by atoms with E-state index < -0.39 is 0 Å². The van der Waals surface area contributed by atoms with Gasteiger partial charge in [0.2, 0.25) is 0 Å². The second-order valence-electron chi connectivity index (χ2n) is 3.95. The molecule has 19 heavy (non-hydrogen) atoms. The van der Waals surface area contributed by atoms with Crippen LogP contribution in [-0.2, 0) is 0 Å². The molecule has 0 aliphatic heterocycles. The van der Waals surface area contributed by atoms with Crippen LogP contribution in [0.15, 0.2) is 48.0 Å². The van der Waals surface area contributed by atoms with E-state index in [9.17, 15) is 4.79 Å². The van der Waals surface area contributed by atoms with Crippen LogP contribution in [0, 0.1) is 3.57 Å². The Balaban J connectivity index is 2.02. The molecule has 3 rings (SSSR count). The second kappa shape index (κ2) is 5.26. The number of nitrogens with zero attached hydrogens (tertiary/aromatic N) is 2. The normalized spacial score (nSPS) is 10.6. The molecule has 0 bridgehead atoms. The van der Waals surface area contributed by atoms with Gasteiger partial charge >= 0.3 is 0 Å². The molecular weight excluding hydrogens is 371 g/mol. The van der Waals surface area contributed by atoms with Crippen molar-refractivity contribution in [3.05, 3.63) is 57.2 Å². The number of benzene rings is 1. The van der Waals surface area contributed by atoms with Crippen molar-refractivity contribution in [2.45, 2.75) is 0 Å². The van der Waals surface area contributed by atoms with Gasteiger partial charge in [0.25, 0.3) is 0 Å². The van der Waals surface area contributed by atoms with Crippen LogP contribution in [-0.4, -0.2) is 15.8 Å². The molecule has 2 aromatic heterocycles. The lowest BCUT2D eigenvalue weighted by Crippen LogP contribution is -1.96. The van der Waals surface area contributed by atoms with E-state index in [1.165, 1.54) is 14.9 Å². The number of hydrogen-bond donors (Lipinski definition) is 0. The van der Waals surface area contributed by atoms with E-state index in [0.717, 1.165) is 22.7 Å². The zero-order valence-electron chi connectivity index (χ0n) is 9.79. The van der Waals surface area contributed by atoms with E-state index in [4.69, 9.17) is 0 Å². The number of carbonyl (C=O) groups excluding carboxylic acids is 1. The fourth-order valence-electron chi connectivity index (χ4n) is 1.82. The van der Waals surface area contributed by atoms with Crippen molar-refractivity contribution in [1.82, 2.24) is 9.55 Å². The zero-order chi connectivity index (χ0) is 13.2. The van der Waals surface area contributed by atoms with Crippen LogP contribution in [0.1, 0.15) is 10.5 Å². The number of thiazole rings is 1. The summed E-state index contributed by atoms with van der Waals surface area (Å²) < 4.78 is 2.98. The summed E-state index contributed by atoms with van der Waals surface area (Å²) >= 11 is 3.81. The Morgan fingerprint density at radius 1 is 1.26 bits per heavy atom. The number of halogens is 1. The SMILES string of the molecule is O=Cc1cccn1-c1nc(-c2cccc(I)c2)cs1. The number of hydrogen-bond acceptors (Lipinski definition) is 3. The smallest absolute Gasteiger partial charge is 0.194 e. The van der Waals surface area contributed by atoms with Crippen molar-refractivity contribution in [1.29, 1.82) is 0 Å². The molecule has 0 fully saturated rings. The van der Waals surface area contributed by atoms with E-state index in [-0.39, 0.29) is 0 Å². The first-order chi connectivity index (χ1) is 9.28. The molecule has 0 unspecified atom stereocenters. The number of rotatable bonds is 3. The summed E-state index contributed by atoms with van der Waals surface area (Å²) in [6, 6.07) is 11.8. The lowest BCUT2D eigenvalue weighted by molar-refractivity contribution is 0.111. The molecule has 0 saturated heterocycles. The Kier molecular flexibility index (Phi) is 3.48. The zero-order valence-corrected chi connectivity index (χ0v) is 12.8. The summed E-state index contributed by atoms with van der Waals surface area (Å²) in [6.45, 7) is 0. The average Bonchev–Trinajstić information content (AvgIpc) is 3.07. The first-order valence-corrected chi connectivity index (χ1v) is 7.58. The predicted molar refractivity (Wildman–Crippen MR) is 85.0 cm³/mol. The molecule has 2 heterocycles. The van der Waals surface area contributed by atoms with Gasteiger partial charge in [0.1, 0.15) is 0 Å². The van der Waals surface area contributed by atoms with Crippen LogP contribution in [0.2, 0.25) is 0 Å². The van der Waals surface area contributed by atoms with Gasteiger partial charge in [-0.3, -0.25) is 9.36 Å². The van der Waals surface area contributed by atoms with Gasteiger partial charge < -0.3 is 0 Å². The van der Waals surface area contributed by atoms with Crippen molar-refractivity contribution in [3.63, 3.8) is 0 Å². The highest BCUT2D eigenvalue weighted by Gasteiger charge is 2.08. The summed E-state index contributed by atoms with van der Waals surface area (Å²) in [4.78, 5) is 15.5. The largest absolute Gasteiger partial charge is 0.296 e. The van der Waals surface area contributed by atoms with E-state index in [1.807, 2.05) is 35.8 Å². The van der Waals surface area contributed by atoms with Gasteiger partial charge in [0.15, 0.2) is 11.4 Å². The van der Waals surface area contributed by atoms with E-state index in [2.05, 4.69) is 33.6 Å². The highest BCUT2D eigenvalue weighted by Crippen LogP contribution is 2.25. The van der Waals surface area contributed by atoms with Gasteiger partial charge in [0.05, 0.1) is 11.4 Å². The van der Waals surface area contributed by atoms with Crippen molar-refractivity contribution in [2.75, 3.05) is 0 Å². The van der Waals surface area contributed by atoms with Gasteiger partial charge in [-0.05, 0) is 46.9 Å². The molecule has 0 N–H and O–H groups in total. The van der Waals surface area contributed by atoms with Crippen LogP contribution in [0.4, 0.5) is 0 Å². The fraction of sp³-hybridized carbons (Fsp3) is 0. The molecule has 3 aromatic rings. The molecule has 0 atom stereocenters. The Morgan fingerprint density at radius 3 is 2.95 bits per heavy atom. The molecule has 5 heteroatoms. The topological polar surface area (TPSA) is 34.9 Å². The van der Waals surface area contributed by atoms with E-state index in [1.54, 1.807) is 10.6 Å². The fourth-order valence-corrected chi connectivity index (χ4v) is 3.20. The monoisotopic (exact) mass is 380 g/mol. The van der Waals surface area contributed by atoms with Crippen molar-refractivity contribution in [3.8, 4) is 16.4 Å². The molecule has 0 spiro atoms. The Hall–Kier alpha value is -1.47. The highest BCUT2D eigenvalue weighted by atomic mass is 127. The molecular formula is C14H9IN2OS. The van der Waals surface area contributed by atoms with Gasteiger partial charge in [-0.15, -0.1) is 11.3 Å². The maximum absolute atomic E-state index is 10.9. The van der Waals surface area contributed by atoms with Crippen LogP contribution in [0.3, 0.4) is 0 Å². The first kappa shape index (κ1) is 12.6. The molecule has 0 aliphatic rings.